The third-order valence-electron chi connectivity index (χ3n) is 3.92. The maximum absolute atomic E-state index is 13.1. The minimum atomic E-state index is -4.44. The molecule has 1 unspecified atom stereocenters. The van der Waals surface area contributed by atoms with Crippen molar-refractivity contribution in [1.29, 1.82) is 0 Å². The zero-order valence-electron chi connectivity index (χ0n) is 12.5. The number of carbonyl (C=O) groups is 1. The van der Waals surface area contributed by atoms with Crippen molar-refractivity contribution in [3.8, 4) is 0 Å². The van der Waals surface area contributed by atoms with E-state index in [0.717, 1.165) is 11.0 Å². The largest absolute Gasteiger partial charge is 0.465 e. The summed E-state index contributed by atoms with van der Waals surface area (Å²) in [5.74, 6) is -1.72. The van der Waals surface area contributed by atoms with Crippen molar-refractivity contribution < 1.29 is 32.5 Å². The maximum Gasteiger partial charge on any atom is 0.411 e. The van der Waals surface area contributed by atoms with Gasteiger partial charge in [0.15, 0.2) is 6.29 Å². The fourth-order valence-electron chi connectivity index (χ4n) is 2.78. The van der Waals surface area contributed by atoms with Crippen molar-refractivity contribution in [3.63, 3.8) is 0 Å². The number of alkyl halides is 3. The second-order valence-electron chi connectivity index (χ2n) is 5.44. The van der Waals surface area contributed by atoms with E-state index in [1.807, 2.05) is 0 Å². The summed E-state index contributed by atoms with van der Waals surface area (Å²) >= 11 is 0. The van der Waals surface area contributed by atoms with Gasteiger partial charge in [-0.2, -0.15) is 13.2 Å². The molecule has 0 radical (unpaired) electrons. The fraction of sp³-hybridized carbons (Fsp3) is 0.467. The Morgan fingerprint density at radius 3 is 2.67 bits per heavy atom. The Morgan fingerprint density at radius 1 is 1.33 bits per heavy atom. The monoisotopic (exact) mass is 344 g/mol. The molecule has 3 rings (SSSR count). The normalized spacial score (nSPS) is 22.5. The lowest BCUT2D eigenvalue weighted by atomic mass is 9.96. The van der Waals surface area contributed by atoms with E-state index in [0.29, 0.717) is 18.8 Å². The number of allylic oxidation sites excluding steroid dienone is 1. The van der Waals surface area contributed by atoms with Gasteiger partial charge in [-0.15, -0.1) is 0 Å². The highest BCUT2D eigenvalue weighted by Gasteiger charge is 2.42. The number of ether oxygens (including phenoxy) is 2. The van der Waals surface area contributed by atoms with E-state index >= 15 is 0 Å². The molecule has 0 bridgehead atoms. The third kappa shape index (κ3) is 3.22. The fourth-order valence-corrected chi connectivity index (χ4v) is 2.78. The van der Waals surface area contributed by atoms with Gasteiger partial charge < -0.3 is 14.6 Å². The van der Waals surface area contributed by atoms with E-state index < -0.39 is 24.5 Å². The Hall–Kier alpha value is -2.13. The summed E-state index contributed by atoms with van der Waals surface area (Å²) < 4.78 is 50.0. The number of nitrogens with zero attached hydrogens (tertiary/aromatic N) is 2. The molecule has 130 valence electrons. The van der Waals surface area contributed by atoms with Crippen LogP contribution < -0.4 is 0 Å². The third-order valence-corrected chi connectivity index (χ3v) is 3.92. The molecule has 3 heterocycles. The van der Waals surface area contributed by atoms with E-state index in [-0.39, 0.29) is 24.4 Å². The molecule has 1 amide bonds. The summed E-state index contributed by atoms with van der Waals surface area (Å²) in [5.41, 5.74) is 0.446. The first-order valence-electron chi connectivity index (χ1n) is 7.35. The van der Waals surface area contributed by atoms with Gasteiger partial charge in [-0.05, 0) is 18.6 Å². The number of pyridine rings is 1. The average molecular weight is 344 g/mol. The van der Waals surface area contributed by atoms with Gasteiger partial charge >= 0.3 is 12.3 Å². The molecule has 1 saturated heterocycles. The first-order valence-corrected chi connectivity index (χ1v) is 7.35. The molecule has 0 aromatic carbocycles. The highest BCUT2D eigenvalue weighted by Crippen LogP contribution is 2.39. The maximum atomic E-state index is 13.1. The molecule has 0 aliphatic carbocycles. The average Bonchev–Trinajstić information content (AvgIpc) is 3.07. The number of amides is 1. The summed E-state index contributed by atoms with van der Waals surface area (Å²) in [6, 6.07) is 3.20. The minimum Gasteiger partial charge on any atom is -0.465 e. The Balaban J connectivity index is 2.06. The Kier molecular flexibility index (Phi) is 4.46. The molecule has 6 nitrogen and oxygen atoms in total. The summed E-state index contributed by atoms with van der Waals surface area (Å²) in [6.07, 6.45) is -4.55. The Morgan fingerprint density at radius 2 is 2.04 bits per heavy atom. The van der Waals surface area contributed by atoms with Crippen molar-refractivity contribution in [3.05, 3.63) is 35.7 Å². The number of rotatable bonds is 2. The van der Waals surface area contributed by atoms with Gasteiger partial charge in [0.1, 0.15) is 0 Å². The van der Waals surface area contributed by atoms with E-state index in [1.165, 1.54) is 6.20 Å². The highest BCUT2D eigenvalue weighted by atomic mass is 19.4. The van der Waals surface area contributed by atoms with Crippen LogP contribution in [-0.2, 0) is 9.47 Å². The smallest absolute Gasteiger partial charge is 0.411 e. The van der Waals surface area contributed by atoms with Crippen LogP contribution in [0.25, 0.3) is 5.70 Å². The van der Waals surface area contributed by atoms with Gasteiger partial charge in [0.2, 0.25) is 0 Å². The minimum absolute atomic E-state index is 0.0919. The zero-order valence-corrected chi connectivity index (χ0v) is 12.5. The second-order valence-corrected chi connectivity index (χ2v) is 5.44. The van der Waals surface area contributed by atoms with Crippen molar-refractivity contribution in [2.45, 2.75) is 18.9 Å². The summed E-state index contributed by atoms with van der Waals surface area (Å²) in [7, 11) is 0. The van der Waals surface area contributed by atoms with Crippen LogP contribution >= 0.6 is 0 Å². The molecule has 1 N–H and O–H groups in total. The number of halogens is 3. The Labute approximate surface area is 135 Å². The predicted octanol–water partition coefficient (Wildman–Crippen LogP) is 3.03. The van der Waals surface area contributed by atoms with Gasteiger partial charge in [0, 0.05) is 18.3 Å². The van der Waals surface area contributed by atoms with Crippen molar-refractivity contribution in [2.75, 3.05) is 19.8 Å². The number of hydrogen-bond donors (Lipinski definition) is 1. The van der Waals surface area contributed by atoms with Gasteiger partial charge in [-0.25, -0.2) is 4.79 Å². The van der Waals surface area contributed by atoms with Crippen LogP contribution in [0.2, 0.25) is 0 Å². The van der Waals surface area contributed by atoms with Crippen LogP contribution in [0.5, 0.6) is 0 Å². The first kappa shape index (κ1) is 16.7. The van der Waals surface area contributed by atoms with Gasteiger partial charge in [0.05, 0.1) is 30.5 Å². The summed E-state index contributed by atoms with van der Waals surface area (Å²) in [4.78, 5) is 16.4. The van der Waals surface area contributed by atoms with Crippen LogP contribution in [0.15, 0.2) is 24.4 Å². The molecular formula is C15H15F3N2O4. The molecule has 2 aliphatic heterocycles. The molecule has 24 heavy (non-hydrogen) atoms. The highest BCUT2D eigenvalue weighted by molar-refractivity contribution is 5.81. The molecular weight excluding hydrogens is 329 g/mol. The number of carboxylic acid groups (broad SMARTS) is 1. The van der Waals surface area contributed by atoms with Crippen LogP contribution in [0, 0.1) is 5.92 Å². The first-order chi connectivity index (χ1) is 11.4. The number of hydrogen-bond acceptors (Lipinski definition) is 4. The molecule has 0 spiro atoms. The number of aromatic nitrogens is 1. The predicted molar refractivity (Wildman–Crippen MR) is 75.8 cm³/mol. The van der Waals surface area contributed by atoms with E-state index in [4.69, 9.17) is 9.47 Å². The standard InChI is InChI=1S/C15H15F3N2O4/c16-15(17,18)9-3-5-20(14(21)22)11(8-9)12-10(2-1-4-19-12)13-23-6-7-24-13/h1-2,4,8-9,13H,3,5-7H2,(H,21,22). The molecule has 1 fully saturated rings. The quantitative estimate of drug-likeness (QED) is 0.893. The van der Waals surface area contributed by atoms with E-state index in [1.54, 1.807) is 12.1 Å². The molecule has 2 aliphatic rings. The van der Waals surface area contributed by atoms with Gasteiger partial charge in [0.25, 0.3) is 0 Å². The van der Waals surface area contributed by atoms with Crippen LogP contribution in [0.3, 0.4) is 0 Å². The zero-order chi connectivity index (χ0) is 17.3. The van der Waals surface area contributed by atoms with Gasteiger partial charge in [-0.1, -0.05) is 6.07 Å². The lowest BCUT2D eigenvalue weighted by molar-refractivity contribution is -0.164. The lowest BCUT2D eigenvalue weighted by Gasteiger charge is -2.31. The summed E-state index contributed by atoms with van der Waals surface area (Å²) in [6.45, 7) is 0.450. The van der Waals surface area contributed by atoms with Crippen LogP contribution in [0.1, 0.15) is 24.0 Å². The SMILES string of the molecule is O=C(O)N1CCC(C(F)(F)F)C=C1c1ncccc1C1OCCO1. The summed E-state index contributed by atoms with van der Waals surface area (Å²) in [5, 5.41) is 9.33. The molecule has 1 atom stereocenters. The molecule has 1 aromatic rings. The molecule has 9 heteroatoms. The molecule has 0 saturated carbocycles. The topological polar surface area (TPSA) is 71.9 Å². The van der Waals surface area contributed by atoms with Gasteiger partial charge in [-0.3, -0.25) is 9.88 Å². The van der Waals surface area contributed by atoms with E-state index in [2.05, 4.69) is 4.98 Å². The van der Waals surface area contributed by atoms with Crippen molar-refractivity contribution in [2.24, 2.45) is 5.92 Å². The Bertz CT molecular complexity index is 656. The van der Waals surface area contributed by atoms with Crippen LogP contribution in [-0.4, -0.2) is 47.0 Å². The lowest BCUT2D eigenvalue weighted by Crippen LogP contribution is -2.37. The molecule has 1 aromatic heterocycles. The van der Waals surface area contributed by atoms with Crippen molar-refractivity contribution in [1.82, 2.24) is 9.88 Å². The van der Waals surface area contributed by atoms with Crippen molar-refractivity contribution >= 4 is 11.8 Å². The second kappa shape index (κ2) is 6.40. The van der Waals surface area contributed by atoms with E-state index in [9.17, 15) is 23.1 Å². The van der Waals surface area contributed by atoms with Crippen LogP contribution in [0.4, 0.5) is 18.0 Å².